The molecule has 1 aliphatic rings. The Hall–Kier alpha value is -2.54. The van der Waals surface area contributed by atoms with E-state index in [1.54, 1.807) is 48.2 Å². The van der Waals surface area contributed by atoms with E-state index < -0.39 is 10.0 Å². The van der Waals surface area contributed by atoms with Crippen molar-refractivity contribution in [3.8, 4) is 5.75 Å². The average Bonchev–Trinajstić information content (AvgIpc) is 3.41. The van der Waals surface area contributed by atoms with E-state index in [0.29, 0.717) is 11.4 Å². The van der Waals surface area contributed by atoms with E-state index in [0.717, 1.165) is 18.5 Å². The van der Waals surface area contributed by atoms with Gasteiger partial charge in [0.15, 0.2) is 0 Å². The highest BCUT2D eigenvalue weighted by Crippen LogP contribution is 2.32. The number of nitrogens with one attached hydrogen (secondary N) is 1. The Morgan fingerprint density at radius 1 is 1.08 bits per heavy atom. The molecule has 6 nitrogen and oxygen atoms in total. The van der Waals surface area contributed by atoms with Crippen LogP contribution in [-0.4, -0.2) is 27.5 Å². The number of ether oxygens (including phenoxy) is 1. The number of benzene rings is 2. The molecule has 2 aromatic carbocycles. The smallest absolute Gasteiger partial charge is 0.261 e. The SMILES string of the molecule is COc1ccc(S(=O)(=O)Nc2ccc(N(C(C)=O)C3CC3)cc2)cc1. The van der Waals surface area contributed by atoms with E-state index in [4.69, 9.17) is 4.74 Å². The van der Waals surface area contributed by atoms with E-state index >= 15 is 0 Å². The van der Waals surface area contributed by atoms with Crippen molar-refractivity contribution in [2.24, 2.45) is 0 Å². The normalized spacial score (nSPS) is 14.0. The maximum Gasteiger partial charge on any atom is 0.261 e. The molecule has 25 heavy (non-hydrogen) atoms. The molecular weight excluding hydrogens is 340 g/mol. The molecule has 1 aliphatic carbocycles. The molecule has 1 N–H and O–H groups in total. The standard InChI is InChI=1S/C18H20N2O4S/c1-13(21)20(16-7-8-16)15-5-3-14(4-6-15)19-25(22,23)18-11-9-17(24-2)10-12-18/h3-6,9-12,16,19H,7-8H2,1-2H3. The monoisotopic (exact) mass is 360 g/mol. The van der Waals surface area contributed by atoms with Gasteiger partial charge in [-0.3, -0.25) is 9.52 Å². The van der Waals surface area contributed by atoms with Crippen LogP contribution < -0.4 is 14.4 Å². The van der Waals surface area contributed by atoms with Crippen molar-refractivity contribution in [3.63, 3.8) is 0 Å². The number of carbonyl (C=O) groups is 1. The first kappa shape index (κ1) is 17.3. The first-order valence-electron chi connectivity index (χ1n) is 7.97. The second kappa shape index (κ2) is 6.76. The molecule has 2 aromatic rings. The average molecular weight is 360 g/mol. The number of sulfonamides is 1. The molecule has 0 aromatic heterocycles. The van der Waals surface area contributed by atoms with Crippen LogP contribution >= 0.6 is 0 Å². The van der Waals surface area contributed by atoms with Gasteiger partial charge in [-0.2, -0.15) is 0 Å². The predicted molar refractivity (Wildman–Crippen MR) is 96.4 cm³/mol. The molecule has 1 saturated carbocycles. The summed E-state index contributed by atoms with van der Waals surface area (Å²) in [5.41, 5.74) is 1.22. The molecule has 132 valence electrons. The van der Waals surface area contributed by atoms with Crippen molar-refractivity contribution in [2.75, 3.05) is 16.7 Å². The van der Waals surface area contributed by atoms with Gasteiger partial charge in [-0.25, -0.2) is 8.42 Å². The highest BCUT2D eigenvalue weighted by Gasteiger charge is 2.31. The number of hydrogen-bond acceptors (Lipinski definition) is 4. The van der Waals surface area contributed by atoms with Gasteiger partial charge in [-0.05, 0) is 61.4 Å². The van der Waals surface area contributed by atoms with Crippen LogP contribution in [-0.2, 0) is 14.8 Å². The number of rotatable bonds is 6. The van der Waals surface area contributed by atoms with Gasteiger partial charge in [0, 0.05) is 24.3 Å². The molecule has 0 heterocycles. The fraction of sp³-hybridized carbons (Fsp3) is 0.278. The maximum absolute atomic E-state index is 12.4. The van der Waals surface area contributed by atoms with Gasteiger partial charge in [-0.1, -0.05) is 0 Å². The molecule has 7 heteroatoms. The van der Waals surface area contributed by atoms with E-state index in [9.17, 15) is 13.2 Å². The van der Waals surface area contributed by atoms with E-state index in [1.807, 2.05) is 0 Å². The number of anilines is 2. The predicted octanol–water partition coefficient (Wildman–Crippen LogP) is 3.01. The highest BCUT2D eigenvalue weighted by molar-refractivity contribution is 7.92. The van der Waals surface area contributed by atoms with Crippen LogP contribution in [0.4, 0.5) is 11.4 Å². The molecule has 0 radical (unpaired) electrons. The molecule has 1 amide bonds. The number of amides is 1. The van der Waals surface area contributed by atoms with Crippen LogP contribution in [0.5, 0.6) is 5.75 Å². The largest absolute Gasteiger partial charge is 0.497 e. The molecule has 0 aliphatic heterocycles. The third-order valence-electron chi connectivity index (χ3n) is 4.02. The van der Waals surface area contributed by atoms with Crippen LogP contribution in [0.3, 0.4) is 0 Å². The first-order chi connectivity index (χ1) is 11.9. The van der Waals surface area contributed by atoms with Gasteiger partial charge in [-0.15, -0.1) is 0 Å². The minimum absolute atomic E-state index is 0.00550. The molecule has 0 unspecified atom stereocenters. The lowest BCUT2D eigenvalue weighted by molar-refractivity contribution is -0.116. The number of carbonyl (C=O) groups excluding carboxylic acids is 1. The first-order valence-corrected chi connectivity index (χ1v) is 9.46. The molecule has 0 spiro atoms. The summed E-state index contributed by atoms with van der Waals surface area (Å²) in [6, 6.07) is 13.3. The zero-order valence-corrected chi connectivity index (χ0v) is 14.9. The summed E-state index contributed by atoms with van der Waals surface area (Å²) in [5.74, 6) is 0.585. The van der Waals surface area contributed by atoms with Gasteiger partial charge < -0.3 is 9.64 Å². The zero-order valence-electron chi connectivity index (χ0n) is 14.1. The van der Waals surface area contributed by atoms with Crippen molar-refractivity contribution in [3.05, 3.63) is 48.5 Å². The molecule has 0 bridgehead atoms. The van der Waals surface area contributed by atoms with Crippen molar-refractivity contribution < 1.29 is 17.9 Å². The van der Waals surface area contributed by atoms with Crippen molar-refractivity contribution >= 4 is 27.3 Å². The topological polar surface area (TPSA) is 75.7 Å². The Bertz CT molecular complexity index is 857. The maximum atomic E-state index is 12.4. The van der Waals surface area contributed by atoms with Crippen molar-refractivity contribution in [1.29, 1.82) is 0 Å². The minimum atomic E-state index is -3.68. The highest BCUT2D eigenvalue weighted by atomic mass is 32.2. The minimum Gasteiger partial charge on any atom is -0.497 e. The van der Waals surface area contributed by atoms with Gasteiger partial charge >= 0.3 is 0 Å². The quantitative estimate of drug-likeness (QED) is 0.859. The van der Waals surface area contributed by atoms with Crippen molar-refractivity contribution in [1.82, 2.24) is 0 Å². The van der Waals surface area contributed by atoms with Crippen LogP contribution in [0, 0.1) is 0 Å². The van der Waals surface area contributed by atoms with Crippen molar-refractivity contribution in [2.45, 2.75) is 30.7 Å². The second-order valence-electron chi connectivity index (χ2n) is 5.95. The summed E-state index contributed by atoms with van der Waals surface area (Å²) in [7, 11) is -2.15. The van der Waals surface area contributed by atoms with Gasteiger partial charge in [0.25, 0.3) is 10.0 Å². The second-order valence-corrected chi connectivity index (χ2v) is 7.63. The molecule has 1 fully saturated rings. The summed E-state index contributed by atoms with van der Waals surface area (Å²) in [6.07, 6.45) is 2.01. The number of nitrogens with zero attached hydrogens (tertiary/aromatic N) is 1. The summed E-state index contributed by atoms with van der Waals surface area (Å²) >= 11 is 0. The van der Waals surface area contributed by atoms with Gasteiger partial charge in [0.05, 0.1) is 12.0 Å². The summed E-state index contributed by atoms with van der Waals surface area (Å²) < 4.78 is 32.4. The Morgan fingerprint density at radius 3 is 2.16 bits per heavy atom. The number of hydrogen-bond donors (Lipinski definition) is 1. The molecule has 0 atom stereocenters. The lowest BCUT2D eigenvalue weighted by atomic mass is 10.2. The van der Waals surface area contributed by atoms with Crippen LogP contribution in [0.15, 0.2) is 53.4 Å². The molecule has 3 rings (SSSR count). The Morgan fingerprint density at radius 2 is 1.68 bits per heavy atom. The van der Waals surface area contributed by atoms with Crippen LogP contribution in [0.1, 0.15) is 19.8 Å². The lowest BCUT2D eigenvalue weighted by Crippen LogP contribution is -2.30. The Kier molecular flexibility index (Phi) is 4.67. The summed E-state index contributed by atoms with van der Waals surface area (Å²) in [4.78, 5) is 13.7. The Labute approximate surface area is 147 Å². The summed E-state index contributed by atoms with van der Waals surface area (Å²) in [6.45, 7) is 1.54. The van der Waals surface area contributed by atoms with Crippen LogP contribution in [0.2, 0.25) is 0 Å². The molecule has 0 saturated heterocycles. The fourth-order valence-electron chi connectivity index (χ4n) is 2.64. The third-order valence-corrected chi connectivity index (χ3v) is 5.42. The van der Waals surface area contributed by atoms with Gasteiger partial charge in [0.2, 0.25) is 5.91 Å². The van der Waals surface area contributed by atoms with E-state index in [2.05, 4.69) is 4.72 Å². The zero-order chi connectivity index (χ0) is 18.0. The number of methoxy groups -OCH3 is 1. The summed E-state index contributed by atoms with van der Waals surface area (Å²) in [5, 5.41) is 0. The molecular formula is C18H20N2O4S. The Balaban J connectivity index is 1.76. The lowest BCUT2D eigenvalue weighted by Gasteiger charge is -2.21. The van der Waals surface area contributed by atoms with E-state index in [-0.39, 0.29) is 16.8 Å². The third kappa shape index (κ3) is 3.93. The van der Waals surface area contributed by atoms with E-state index in [1.165, 1.54) is 19.2 Å². The van der Waals surface area contributed by atoms with Crippen LogP contribution in [0.25, 0.3) is 0 Å². The fourth-order valence-corrected chi connectivity index (χ4v) is 3.70. The van der Waals surface area contributed by atoms with Gasteiger partial charge in [0.1, 0.15) is 5.75 Å².